The van der Waals surface area contributed by atoms with E-state index in [1.54, 1.807) is 7.11 Å². The highest BCUT2D eigenvalue weighted by Gasteiger charge is 2.13. The van der Waals surface area contributed by atoms with Gasteiger partial charge in [-0.1, -0.05) is 6.07 Å². The summed E-state index contributed by atoms with van der Waals surface area (Å²) in [6.07, 6.45) is 3.35. The lowest BCUT2D eigenvalue weighted by molar-refractivity contribution is 0.406. The summed E-state index contributed by atoms with van der Waals surface area (Å²) >= 11 is 0. The fraction of sp³-hybridized carbons (Fsp3) is 0.312. The quantitative estimate of drug-likeness (QED) is 0.928. The zero-order valence-electron chi connectivity index (χ0n) is 11.6. The first-order chi connectivity index (χ1) is 9.78. The largest absolute Gasteiger partial charge is 0.497 e. The van der Waals surface area contributed by atoms with E-state index in [-0.39, 0.29) is 0 Å². The molecule has 1 heterocycles. The second-order valence-electron chi connectivity index (χ2n) is 4.93. The van der Waals surface area contributed by atoms with Gasteiger partial charge in [0.15, 0.2) is 0 Å². The predicted molar refractivity (Wildman–Crippen MR) is 77.2 cm³/mol. The SMILES string of the molecule is COc1cc(CN)cc(Oc2ccc3c(n2)CCC3)c1. The van der Waals surface area contributed by atoms with E-state index in [1.807, 2.05) is 24.3 Å². The fourth-order valence-corrected chi connectivity index (χ4v) is 2.50. The highest BCUT2D eigenvalue weighted by molar-refractivity contribution is 5.40. The first-order valence-corrected chi connectivity index (χ1v) is 6.83. The van der Waals surface area contributed by atoms with Crippen molar-refractivity contribution in [1.82, 2.24) is 4.98 Å². The molecule has 1 aromatic carbocycles. The van der Waals surface area contributed by atoms with E-state index in [2.05, 4.69) is 11.1 Å². The molecule has 0 bridgehead atoms. The van der Waals surface area contributed by atoms with Crippen LogP contribution in [0, 0.1) is 0 Å². The number of fused-ring (bicyclic) bond motifs is 1. The van der Waals surface area contributed by atoms with Crippen LogP contribution in [0.3, 0.4) is 0 Å². The number of aromatic nitrogens is 1. The third-order valence-corrected chi connectivity index (χ3v) is 3.54. The topological polar surface area (TPSA) is 57.4 Å². The molecule has 0 fully saturated rings. The monoisotopic (exact) mass is 270 g/mol. The van der Waals surface area contributed by atoms with Gasteiger partial charge in [0.1, 0.15) is 11.5 Å². The van der Waals surface area contributed by atoms with E-state index < -0.39 is 0 Å². The molecule has 0 amide bonds. The molecule has 4 nitrogen and oxygen atoms in total. The third kappa shape index (κ3) is 2.60. The van der Waals surface area contributed by atoms with E-state index >= 15 is 0 Å². The van der Waals surface area contributed by atoms with Gasteiger partial charge in [0.2, 0.25) is 5.88 Å². The van der Waals surface area contributed by atoms with Crippen molar-refractivity contribution >= 4 is 0 Å². The second kappa shape index (κ2) is 5.51. The van der Waals surface area contributed by atoms with E-state index in [1.165, 1.54) is 12.0 Å². The van der Waals surface area contributed by atoms with Gasteiger partial charge in [-0.05, 0) is 42.5 Å². The molecule has 0 saturated heterocycles. The minimum atomic E-state index is 0.450. The minimum Gasteiger partial charge on any atom is -0.497 e. The molecule has 0 unspecified atom stereocenters. The van der Waals surface area contributed by atoms with Gasteiger partial charge in [0, 0.05) is 24.4 Å². The third-order valence-electron chi connectivity index (χ3n) is 3.54. The average molecular weight is 270 g/mol. The minimum absolute atomic E-state index is 0.450. The smallest absolute Gasteiger partial charge is 0.219 e. The van der Waals surface area contributed by atoms with E-state index in [9.17, 15) is 0 Å². The van der Waals surface area contributed by atoms with Crippen LogP contribution in [-0.4, -0.2) is 12.1 Å². The summed E-state index contributed by atoms with van der Waals surface area (Å²) in [7, 11) is 1.63. The lowest BCUT2D eigenvalue weighted by atomic mass is 10.2. The molecule has 1 aromatic heterocycles. The van der Waals surface area contributed by atoms with Crippen LogP contribution in [-0.2, 0) is 19.4 Å². The Kier molecular flexibility index (Phi) is 3.56. The van der Waals surface area contributed by atoms with Gasteiger partial charge in [-0.2, -0.15) is 0 Å². The lowest BCUT2D eigenvalue weighted by Crippen LogP contribution is -1.98. The summed E-state index contributed by atoms with van der Waals surface area (Å²) < 4.78 is 11.1. The van der Waals surface area contributed by atoms with E-state index in [0.29, 0.717) is 18.2 Å². The number of pyridine rings is 1. The van der Waals surface area contributed by atoms with Gasteiger partial charge < -0.3 is 15.2 Å². The van der Waals surface area contributed by atoms with Crippen molar-refractivity contribution < 1.29 is 9.47 Å². The number of rotatable bonds is 4. The molecular formula is C16H18N2O2. The van der Waals surface area contributed by atoms with Crippen LogP contribution < -0.4 is 15.2 Å². The Bertz CT molecular complexity index is 604. The summed E-state index contributed by atoms with van der Waals surface area (Å²) in [6.45, 7) is 0.450. The maximum atomic E-state index is 5.84. The molecule has 1 aliphatic rings. The zero-order valence-corrected chi connectivity index (χ0v) is 11.6. The number of nitrogens with two attached hydrogens (primary N) is 1. The molecule has 2 aromatic rings. The molecule has 104 valence electrons. The van der Waals surface area contributed by atoms with Crippen LogP contribution in [0.2, 0.25) is 0 Å². The Morgan fingerprint density at radius 1 is 1.15 bits per heavy atom. The van der Waals surface area contributed by atoms with Crippen molar-refractivity contribution in [2.24, 2.45) is 5.73 Å². The van der Waals surface area contributed by atoms with Crippen molar-refractivity contribution in [3.63, 3.8) is 0 Å². The molecule has 20 heavy (non-hydrogen) atoms. The Morgan fingerprint density at radius 2 is 2.00 bits per heavy atom. The predicted octanol–water partition coefficient (Wildman–Crippen LogP) is 2.83. The van der Waals surface area contributed by atoms with Crippen LogP contribution in [0.1, 0.15) is 23.2 Å². The Hall–Kier alpha value is -2.07. The van der Waals surface area contributed by atoms with Crippen LogP contribution >= 0.6 is 0 Å². The van der Waals surface area contributed by atoms with Gasteiger partial charge in [-0.3, -0.25) is 0 Å². The Balaban J connectivity index is 1.87. The summed E-state index contributed by atoms with van der Waals surface area (Å²) in [4.78, 5) is 4.57. The van der Waals surface area contributed by atoms with E-state index in [4.69, 9.17) is 15.2 Å². The number of methoxy groups -OCH3 is 1. The van der Waals surface area contributed by atoms with Crippen molar-refractivity contribution in [2.75, 3.05) is 7.11 Å². The van der Waals surface area contributed by atoms with Crippen molar-refractivity contribution in [1.29, 1.82) is 0 Å². The van der Waals surface area contributed by atoms with Crippen molar-refractivity contribution in [2.45, 2.75) is 25.8 Å². The van der Waals surface area contributed by atoms with Gasteiger partial charge >= 0.3 is 0 Å². The Morgan fingerprint density at radius 3 is 2.80 bits per heavy atom. The number of hydrogen-bond acceptors (Lipinski definition) is 4. The molecule has 2 N–H and O–H groups in total. The molecule has 0 saturated carbocycles. The van der Waals surface area contributed by atoms with Crippen LogP contribution in [0.5, 0.6) is 17.4 Å². The average Bonchev–Trinajstić information content (AvgIpc) is 2.94. The maximum Gasteiger partial charge on any atom is 0.219 e. The zero-order chi connectivity index (χ0) is 13.9. The van der Waals surface area contributed by atoms with Crippen molar-refractivity contribution in [3.8, 4) is 17.4 Å². The molecule has 0 atom stereocenters. The van der Waals surface area contributed by atoms with Crippen molar-refractivity contribution in [3.05, 3.63) is 47.2 Å². The first kappa shape index (κ1) is 12.9. The van der Waals surface area contributed by atoms with Crippen LogP contribution in [0.15, 0.2) is 30.3 Å². The maximum absolute atomic E-state index is 5.84. The van der Waals surface area contributed by atoms with E-state index in [0.717, 1.165) is 29.8 Å². The summed E-state index contributed by atoms with van der Waals surface area (Å²) in [5.41, 5.74) is 9.15. The second-order valence-corrected chi connectivity index (χ2v) is 4.93. The number of benzene rings is 1. The number of ether oxygens (including phenoxy) is 2. The number of nitrogens with zero attached hydrogens (tertiary/aromatic N) is 1. The summed E-state index contributed by atoms with van der Waals surface area (Å²) in [5, 5.41) is 0. The highest BCUT2D eigenvalue weighted by Crippen LogP contribution is 2.28. The number of hydrogen-bond donors (Lipinski definition) is 1. The molecular weight excluding hydrogens is 252 g/mol. The number of aryl methyl sites for hydroxylation is 2. The molecule has 1 aliphatic carbocycles. The molecule has 0 aliphatic heterocycles. The van der Waals surface area contributed by atoms with Crippen LogP contribution in [0.4, 0.5) is 0 Å². The van der Waals surface area contributed by atoms with Gasteiger partial charge in [0.25, 0.3) is 0 Å². The first-order valence-electron chi connectivity index (χ1n) is 6.83. The van der Waals surface area contributed by atoms with Gasteiger partial charge in [0.05, 0.1) is 7.11 Å². The summed E-state index contributed by atoms with van der Waals surface area (Å²) in [5.74, 6) is 2.07. The lowest BCUT2D eigenvalue weighted by Gasteiger charge is -2.10. The Labute approximate surface area is 118 Å². The van der Waals surface area contributed by atoms with Crippen LogP contribution in [0.25, 0.3) is 0 Å². The normalized spacial score (nSPS) is 13.1. The standard InChI is InChI=1S/C16H18N2O2/c1-19-13-7-11(10-17)8-14(9-13)20-16-6-5-12-3-2-4-15(12)18-16/h5-9H,2-4,10,17H2,1H3. The summed E-state index contributed by atoms with van der Waals surface area (Å²) in [6, 6.07) is 9.69. The molecule has 4 heteroatoms. The fourth-order valence-electron chi connectivity index (χ4n) is 2.50. The van der Waals surface area contributed by atoms with Gasteiger partial charge in [-0.15, -0.1) is 0 Å². The highest BCUT2D eigenvalue weighted by atomic mass is 16.5. The molecule has 3 rings (SSSR count). The molecule has 0 spiro atoms. The molecule has 0 radical (unpaired) electrons. The van der Waals surface area contributed by atoms with Gasteiger partial charge in [-0.25, -0.2) is 4.98 Å².